The van der Waals surface area contributed by atoms with Crippen LogP contribution in [0.3, 0.4) is 0 Å². The Hall–Kier alpha value is -4.13. The van der Waals surface area contributed by atoms with Gasteiger partial charge in [0.15, 0.2) is 12.4 Å². The van der Waals surface area contributed by atoms with Crippen LogP contribution in [-0.2, 0) is 4.79 Å². The minimum atomic E-state index is -4.56. The van der Waals surface area contributed by atoms with E-state index in [0.717, 1.165) is 79.2 Å². The SMILES string of the molecule is CC(=O)N1CC2(CCN(c3nc(OC4CC(N5CC6(CC6)C5)C4)nc4c(OCC(F)(F)F)c(-c5c(C)ccc6[nH]ncc56)c(C5CC5)cc34)CC2)C1. The van der Waals surface area contributed by atoms with Crippen LogP contribution in [-0.4, -0.2) is 100 Å². The molecule has 0 radical (unpaired) electrons. The first-order valence-electron chi connectivity index (χ1n) is 18.9. The van der Waals surface area contributed by atoms with Gasteiger partial charge >= 0.3 is 12.2 Å². The van der Waals surface area contributed by atoms with E-state index in [0.29, 0.717) is 46.8 Å². The number of halogens is 3. The zero-order valence-electron chi connectivity index (χ0n) is 29.7. The number of nitrogens with one attached hydrogen (secondary N) is 1. The zero-order valence-corrected chi connectivity index (χ0v) is 29.7. The van der Waals surface area contributed by atoms with Gasteiger partial charge in [0, 0.05) is 86.8 Å². The number of alkyl halides is 3. The van der Waals surface area contributed by atoms with Crippen LogP contribution < -0.4 is 14.4 Å². The number of hydrogen-bond acceptors (Lipinski definition) is 8. The molecule has 10 rings (SSSR count). The highest BCUT2D eigenvalue weighted by molar-refractivity contribution is 6.06. The van der Waals surface area contributed by atoms with E-state index in [1.807, 2.05) is 24.0 Å². The van der Waals surface area contributed by atoms with Crippen molar-refractivity contribution in [3.05, 3.63) is 35.5 Å². The summed E-state index contributed by atoms with van der Waals surface area (Å²) in [5.74, 6) is 1.08. The van der Waals surface area contributed by atoms with Crippen molar-refractivity contribution in [2.24, 2.45) is 10.8 Å². The number of anilines is 1. The maximum absolute atomic E-state index is 14.0. The van der Waals surface area contributed by atoms with E-state index in [2.05, 4.69) is 26.1 Å². The average Bonchev–Trinajstić information content (AvgIpc) is 4.00. The van der Waals surface area contributed by atoms with E-state index in [9.17, 15) is 18.0 Å². The number of fused-ring (bicyclic) bond motifs is 2. The zero-order chi connectivity index (χ0) is 35.6. The van der Waals surface area contributed by atoms with Gasteiger partial charge in [0.25, 0.3) is 0 Å². The largest absolute Gasteiger partial charge is 0.481 e. The van der Waals surface area contributed by atoms with E-state index in [1.54, 1.807) is 13.1 Å². The number of aromatic nitrogens is 4. The van der Waals surface area contributed by atoms with E-state index in [-0.39, 0.29) is 35.1 Å². The molecule has 3 saturated carbocycles. The monoisotopic (exact) mass is 715 g/mol. The van der Waals surface area contributed by atoms with Crippen LogP contribution in [0.2, 0.25) is 0 Å². The molecule has 274 valence electrons. The van der Waals surface area contributed by atoms with Gasteiger partial charge < -0.3 is 19.3 Å². The minimum Gasteiger partial charge on any atom is -0.481 e. The number of nitrogens with zero attached hydrogens (tertiary/aromatic N) is 6. The summed E-state index contributed by atoms with van der Waals surface area (Å²) in [6.07, 6.45) is 5.24. The summed E-state index contributed by atoms with van der Waals surface area (Å²) in [5.41, 5.74) is 5.13. The van der Waals surface area contributed by atoms with Crippen LogP contribution in [0.4, 0.5) is 19.0 Å². The second-order valence-corrected chi connectivity index (χ2v) is 16.8. The van der Waals surface area contributed by atoms with Crippen molar-refractivity contribution in [3.8, 4) is 22.9 Å². The average molecular weight is 716 g/mol. The van der Waals surface area contributed by atoms with Crippen LogP contribution in [0.5, 0.6) is 11.8 Å². The number of ether oxygens (including phenoxy) is 2. The molecule has 5 heterocycles. The third-order valence-corrected chi connectivity index (χ3v) is 12.9. The van der Waals surface area contributed by atoms with Gasteiger partial charge in [-0.15, -0.1) is 0 Å². The molecule has 1 N–H and O–H groups in total. The van der Waals surface area contributed by atoms with Gasteiger partial charge in [0.05, 0.1) is 11.7 Å². The summed E-state index contributed by atoms with van der Waals surface area (Å²) >= 11 is 0. The lowest BCUT2D eigenvalue weighted by molar-refractivity contribution is -0.153. The van der Waals surface area contributed by atoms with E-state index in [4.69, 9.17) is 19.4 Å². The third kappa shape index (κ3) is 5.56. The van der Waals surface area contributed by atoms with Gasteiger partial charge in [-0.05, 0) is 85.6 Å². The summed E-state index contributed by atoms with van der Waals surface area (Å²) in [6, 6.07) is 6.70. The molecular weight excluding hydrogens is 671 g/mol. The summed E-state index contributed by atoms with van der Waals surface area (Å²) in [6.45, 7) is 7.46. The minimum absolute atomic E-state index is 0.0603. The Morgan fingerprint density at radius 2 is 1.71 bits per heavy atom. The van der Waals surface area contributed by atoms with Gasteiger partial charge in [0.1, 0.15) is 17.4 Å². The summed E-state index contributed by atoms with van der Waals surface area (Å²) in [7, 11) is 0. The number of likely N-dealkylation sites (tertiary alicyclic amines) is 2. The Morgan fingerprint density at radius 1 is 0.981 bits per heavy atom. The lowest BCUT2D eigenvalue weighted by atomic mass is 9.72. The Balaban J connectivity index is 1.08. The van der Waals surface area contributed by atoms with Gasteiger partial charge in [-0.3, -0.25) is 14.8 Å². The third-order valence-electron chi connectivity index (χ3n) is 12.9. The highest BCUT2D eigenvalue weighted by Gasteiger charge is 2.55. The number of rotatable bonds is 8. The number of carbonyl (C=O) groups is 1. The van der Waals surface area contributed by atoms with Crippen molar-refractivity contribution in [1.29, 1.82) is 0 Å². The fourth-order valence-corrected chi connectivity index (χ4v) is 9.38. The van der Waals surface area contributed by atoms with Crippen molar-refractivity contribution >= 4 is 33.5 Å². The van der Waals surface area contributed by atoms with Crippen molar-refractivity contribution < 1.29 is 27.4 Å². The number of H-pyrrole nitrogens is 1. The number of aromatic amines is 1. The number of benzene rings is 2. The molecule has 2 aromatic heterocycles. The number of aryl methyl sites for hydroxylation is 1. The van der Waals surface area contributed by atoms with Gasteiger partial charge in [-0.1, -0.05) is 6.07 Å². The molecule has 52 heavy (non-hydrogen) atoms. The van der Waals surface area contributed by atoms with Crippen LogP contribution in [0, 0.1) is 17.8 Å². The van der Waals surface area contributed by atoms with Crippen LogP contribution in [0.15, 0.2) is 24.4 Å². The van der Waals surface area contributed by atoms with Crippen molar-refractivity contribution in [1.82, 2.24) is 30.0 Å². The Morgan fingerprint density at radius 3 is 2.38 bits per heavy atom. The predicted molar refractivity (Wildman–Crippen MR) is 190 cm³/mol. The molecule has 0 unspecified atom stereocenters. The van der Waals surface area contributed by atoms with E-state index in [1.165, 1.54) is 25.9 Å². The topological polar surface area (TPSA) is 99.7 Å². The predicted octanol–water partition coefficient (Wildman–Crippen LogP) is 6.75. The molecule has 0 bridgehead atoms. The molecule has 1 amide bonds. The highest BCUT2D eigenvalue weighted by atomic mass is 19.4. The van der Waals surface area contributed by atoms with E-state index >= 15 is 0 Å². The van der Waals surface area contributed by atoms with Crippen LogP contribution in [0.1, 0.15) is 75.3 Å². The van der Waals surface area contributed by atoms with Gasteiger partial charge in [0.2, 0.25) is 5.91 Å². The second-order valence-electron chi connectivity index (χ2n) is 16.8. The fraction of sp³-hybridized carbons (Fsp3) is 0.590. The quantitative estimate of drug-likeness (QED) is 0.214. The number of carbonyl (C=O) groups excluding carboxylic acids is 1. The van der Waals surface area contributed by atoms with Crippen molar-refractivity contribution in [3.63, 3.8) is 0 Å². The normalized spacial score (nSPS) is 24.9. The molecule has 6 aliphatic rings. The number of amides is 1. The van der Waals surface area contributed by atoms with Gasteiger partial charge in [-0.2, -0.15) is 28.2 Å². The Labute approximate surface area is 300 Å². The maximum atomic E-state index is 14.0. The molecule has 3 saturated heterocycles. The molecule has 2 spiro atoms. The molecule has 4 aromatic rings. The lowest BCUT2D eigenvalue weighted by Crippen LogP contribution is -2.61. The van der Waals surface area contributed by atoms with Crippen LogP contribution >= 0.6 is 0 Å². The summed E-state index contributed by atoms with van der Waals surface area (Å²) in [5, 5.41) is 8.83. The highest BCUT2D eigenvalue weighted by Crippen LogP contribution is 2.56. The summed E-state index contributed by atoms with van der Waals surface area (Å²) in [4.78, 5) is 28.7. The molecule has 0 atom stereocenters. The first-order chi connectivity index (χ1) is 25.0. The van der Waals surface area contributed by atoms with Crippen molar-refractivity contribution in [2.75, 3.05) is 50.8 Å². The second kappa shape index (κ2) is 11.4. The van der Waals surface area contributed by atoms with Crippen LogP contribution in [0.25, 0.3) is 32.9 Å². The fourth-order valence-electron chi connectivity index (χ4n) is 9.38. The first-order valence-corrected chi connectivity index (χ1v) is 18.9. The molecule has 3 aliphatic heterocycles. The molecular formula is C39H44F3N7O3. The Bertz CT molecular complexity index is 2080. The molecule has 13 heteroatoms. The molecule has 6 fully saturated rings. The Kier molecular flexibility index (Phi) is 7.15. The molecule has 10 nitrogen and oxygen atoms in total. The standard InChI is InChI=1S/C39H44F3N7O3/c1-22-3-6-30-29(16-43-46-30)31(22)32-27(24-4-5-24)15-28-33(34(32)51-21-39(40,41)42)44-36(52-26-13-25(14-26)49-19-37(20-49)7-8-37)45-35(28)47-11-9-38(10-12-47)17-48(18-38)23(2)50/h3,6,15-16,24-26H,4-5,7-14,17-21H2,1-2H3,(H,43,46). The van der Waals surface area contributed by atoms with E-state index < -0.39 is 12.8 Å². The first kappa shape index (κ1) is 32.5. The number of hydrogen-bond donors (Lipinski definition) is 1. The molecule has 2 aromatic carbocycles. The number of piperidine rings is 1. The molecule has 3 aliphatic carbocycles. The lowest BCUT2D eigenvalue weighted by Gasteiger charge is -2.54. The smallest absolute Gasteiger partial charge is 0.422 e. The van der Waals surface area contributed by atoms with Crippen molar-refractivity contribution in [2.45, 2.75) is 89.5 Å². The maximum Gasteiger partial charge on any atom is 0.422 e. The summed E-state index contributed by atoms with van der Waals surface area (Å²) < 4.78 is 54.6. The van der Waals surface area contributed by atoms with Gasteiger partial charge in [-0.25, -0.2) is 0 Å².